The van der Waals surface area contributed by atoms with Gasteiger partial charge in [0.05, 0.1) is 11.1 Å². The van der Waals surface area contributed by atoms with Crippen molar-refractivity contribution in [2.75, 3.05) is 5.73 Å². The second-order valence-electron chi connectivity index (χ2n) is 5.56. The zero-order valence-electron chi connectivity index (χ0n) is 12.8. The molecule has 0 aliphatic carbocycles. The zero-order chi connectivity index (χ0) is 15.8. The Morgan fingerprint density at radius 2 is 1.48 bits per heavy atom. The van der Waals surface area contributed by atoms with E-state index in [1.165, 1.54) is 0 Å². The second-order valence-corrected chi connectivity index (χ2v) is 5.56. The fourth-order valence-corrected chi connectivity index (χ4v) is 2.79. The van der Waals surface area contributed by atoms with E-state index in [4.69, 9.17) is 15.1 Å². The molecule has 0 saturated carbocycles. The molecule has 0 unspecified atom stereocenters. The van der Waals surface area contributed by atoms with Gasteiger partial charge in [-0.05, 0) is 18.6 Å². The molecule has 4 aromatic rings. The maximum Gasteiger partial charge on any atom is 0.229 e. The highest BCUT2D eigenvalue weighted by molar-refractivity contribution is 5.95. The van der Waals surface area contributed by atoms with Gasteiger partial charge in [-0.25, -0.2) is 4.98 Å². The van der Waals surface area contributed by atoms with Crippen molar-refractivity contribution in [3.63, 3.8) is 0 Å². The predicted molar refractivity (Wildman–Crippen MR) is 94.0 cm³/mol. The molecule has 0 atom stereocenters. The number of fused-ring (bicyclic) bond motifs is 1. The average Bonchev–Trinajstić information content (AvgIpc) is 3.04. The van der Waals surface area contributed by atoms with E-state index in [9.17, 15) is 0 Å². The van der Waals surface area contributed by atoms with Crippen LogP contribution in [0.2, 0.25) is 0 Å². The molecule has 2 N–H and O–H groups in total. The molecule has 0 spiro atoms. The minimum atomic E-state index is 0.575. The van der Waals surface area contributed by atoms with Crippen molar-refractivity contribution < 1.29 is 4.42 Å². The summed E-state index contributed by atoms with van der Waals surface area (Å²) in [5, 5.41) is 0.862. The van der Waals surface area contributed by atoms with Gasteiger partial charge in [0.15, 0.2) is 0 Å². The predicted octanol–water partition coefficient (Wildman–Crippen LogP) is 5.05. The molecule has 23 heavy (non-hydrogen) atoms. The number of nitrogens with two attached hydrogens (primary N) is 1. The summed E-state index contributed by atoms with van der Waals surface area (Å²) >= 11 is 0. The third-order valence-electron chi connectivity index (χ3n) is 4.08. The summed E-state index contributed by atoms with van der Waals surface area (Å²) in [7, 11) is 0. The number of rotatable bonds is 2. The molecule has 2 aromatic carbocycles. The molecule has 0 fully saturated rings. The third-order valence-corrected chi connectivity index (χ3v) is 4.08. The molecule has 0 aliphatic heterocycles. The van der Waals surface area contributed by atoms with E-state index >= 15 is 0 Å². The van der Waals surface area contributed by atoms with Gasteiger partial charge in [-0.1, -0.05) is 60.7 Å². The van der Waals surface area contributed by atoms with Gasteiger partial charge in [-0.3, -0.25) is 0 Å². The van der Waals surface area contributed by atoms with Crippen LogP contribution in [0.25, 0.3) is 33.7 Å². The second kappa shape index (κ2) is 5.29. The monoisotopic (exact) mass is 300 g/mol. The number of pyridine rings is 1. The Kier molecular flexibility index (Phi) is 3.12. The lowest BCUT2D eigenvalue weighted by molar-refractivity contribution is 0.619. The Balaban J connectivity index is 1.94. The molecule has 112 valence electrons. The van der Waals surface area contributed by atoms with E-state index in [0.29, 0.717) is 5.71 Å². The van der Waals surface area contributed by atoms with Gasteiger partial charge in [-0.2, -0.15) is 0 Å². The Morgan fingerprint density at radius 1 is 0.870 bits per heavy atom. The molecule has 0 saturated heterocycles. The van der Waals surface area contributed by atoms with Gasteiger partial charge in [0.1, 0.15) is 5.76 Å². The van der Waals surface area contributed by atoms with Crippen molar-refractivity contribution in [2.45, 2.75) is 6.92 Å². The first kappa shape index (κ1) is 13.6. The van der Waals surface area contributed by atoms with Crippen LogP contribution >= 0.6 is 0 Å². The molecule has 0 amide bonds. The SMILES string of the molecule is Cc1c(-c2ccccc2)nc2oc(-c3ccccc3)cc2c1N. The first-order valence-corrected chi connectivity index (χ1v) is 7.54. The summed E-state index contributed by atoms with van der Waals surface area (Å²) in [4.78, 5) is 4.71. The summed E-state index contributed by atoms with van der Waals surface area (Å²) < 4.78 is 5.96. The number of nitrogen functional groups attached to an aromatic ring is 1. The number of nitrogens with zero attached hydrogens (tertiary/aromatic N) is 1. The minimum absolute atomic E-state index is 0.575. The fourth-order valence-electron chi connectivity index (χ4n) is 2.79. The standard InChI is InChI=1S/C20H16N2O/c1-13-18(21)16-12-17(14-8-4-2-5-9-14)23-20(16)22-19(13)15-10-6-3-7-11-15/h2-12H,1H3,(H2,21,22). The van der Waals surface area contributed by atoms with Crippen LogP contribution in [0.5, 0.6) is 0 Å². The normalized spacial score (nSPS) is 11.0. The molecule has 2 aromatic heterocycles. The highest BCUT2D eigenvalue weighted by atomic mass is 16.3. The summed E-state index contributed by atoms with van der Waals surface area (Å²) in [6.07, 6.45) is 0. The molecule has 3 heteroatoms. The first-order chi connectivity index (χ1) is 11.2. The molecular weight excluding hydrogens is 284 g/mol. The van der Waals surface area contributed by atoms with Crippen LogP contribution in [-0.4, -0.2) is 4.98 Å². The average molecular weight is 300 g/mol. The lowest BCUT2D eigenvalue weighted by Gasteiger charge is -2.08. The maximum atomic E-state index is 6.35. The van der Waals surface area contributed by atoms with E-state index in [2.05, 4.69) is 0 Å². The smallest absolute Gasteiger partial charge is 0.229 e. The van der Waals surface area contributed by atoms with Crippen LogP contribution in [0.3, 0.4) is 0 Å². The van der Waals surface area contributed by atoms with Crippen LogP contribution in [0.1, 0.15) is 5.56 Å². The molecule has 2 heterocycles. The van der Waals surface area contributed by atoms with E-state index < -0.39 is 0 Å². The van der Waals surface area contributed by atoms with Crippen LogP contribution in [0.15, 0.2) is 71.1 Å². The number of hydrogen-bond acceptors (Lipinski definition) is 3. The van der Waals surface area contributed by atoms with E-state index in [1.54, 1.807) is 0 Å². The summed E-state index contributed by atoms with van der Waals surface area (Å²) in [6.45, 7) is 2.00. The van der Waals surface area contributed by atoms with Crippen molar-refractivity contribution in [2.24, 2.45) is 0 Å². The van der Waals surface area contributed by atoms with Gasteiger partial charge in [0.25, 0.3) is 0 Å². The van der Waals surface area contributed by atoms with Crippen molar-refractivity contribution in [3.05, 3.63) is 72.3 Å². The number of benzene rings is 2. The third kappa shape index (κ3) is 2.27. The van der Waals surface area contributed by atoms with E-state index in [1.807, 2.05) is 73.7 Å². The Labute approximate surface area is 134 Å². The molecule has 0 radical (unpaired) electrons. The number of aromatic nitrogens is 1. The summed E-state index contributed by atoms with van der Waals surface area (Å²) in [5.74, 6) is 0.782. The van der Waals surface area contributed by atoms with Crippen LogP contribution in [0.4, 0.5) is 5.69 Å². The van der Waals surface area contributed by atoms with Crippen molar-refractivity contribution >= 4 is 16.8 Å². The topological polar surface area (TPSA) is 52.0 Å². The molecule has 4 rings (SSSR count). The van der Waals surface area contributed by atoms with Crippen LogP contribution in [0, 0.1) is 6.92 Å². The van der Waals surface area contributed by atoms with E-state index in [0.717, 1.165) is 39.2 Å². The van der Waals surface area contributed by atoms with Gasteiger partial charge < -0.3 is 10.2 Å². The lowest BCUT2D eigenvalue weighted by atomic mass is 10.0. The van der Waals surface area contributed by atoms with Crippen LogP contribution in [-0.2, 0) is 0 Å². The fraction of sp³-hybridized carbons (Fsp3) is 0.0500. The molecule has 0 aliphatic rings. The molecule has 0 bridgehead atoms. The quantitative estimate of drug-likeness (QED) is 0.563. The Bertz CT molecular complexity index is 973. The van der Waals surface area contributed by atoms with Crippen molar-refractivity contribution in [1.82, 2.24) is 4.98 Å². The summed E-state index contributed by atoms with van der Waals surface area (Å²) in [6, 6.07) is 22.0. The highest BCUT2D eigenvalue weighted by Gasteiger charge is 2.15. The zero-order valence-corrected chi connectivity index (χ0v) is 12.8. The molecule has 3 nitrogen and oxygen atoms in total. The largest absolute Gasteiger partial charge is 0.438 e. The number of hydrogen-bond donors (Lipinski definition) is 1. The minimum Gasteiger partial charge on any atom is -0.438 e. The van der Waals surface area contributed by atoms with Gasteiger partial charge in [-0.15, -0.1) is 0 Å². The van der Waals surface area contributed by atoms with Gasteiger partial charge in [0.2, 0.25) is 5.71 Å². The van der Waals surface area contributed by atoms with Gasteiger partial charge in [0, 0.05) is 16.8 Å². The van der Waals surface area contributed by atoms with E-state index in [-0.39, 0.29) is 0 Å². The van der Waals surface area contributed by atoms with Gasteiger partial charge >= 0.3 is 0 Å². The number of furan rings is 1. The Morgan fingerprint density at radius 3 is 2.13 bits per heavy atom. The maximum absolute atomic E-state index is 6.35. The first-order valence-electron chi connectivity index (χ1n) is 7.54. The Hall–Kier alpha value is -3.07. The number of anilines is 1. The summed E-state index contributed by atoms with van der Waals surface area (Å²) in [5.41, 5.74) is 11.5. The van der Waals surface area contributed by atoms with Crippen LogP contribution < -0.4 is 5.73 Å². The van der Waals surface area contributed by atoms with Crippen molar-refractivity contribution in [3.8, 4) is 22.6 Å². The highest BCUT2D eigenvalue weighted by Crippen LogP contribution is 2.35. The molecular formula is C20H16N2O. The lowest BCUT2D eigenvalue weighted by Crippen LogP contribution is -1.96. The van der Waals surface area contributed by atoms with Crippen molar-refractivity contribution in [1.29, 1.82) is 0 Å².